The first kappa shape index (κ1) is 29.7. The average molecular weight is 565 g/mol. The molecule has 0 aliphatic heterocycles. The summed E-state index contributed by atoms with van der Waals surface area (Å²) in [6.07, 6.45) is -6.38. The van der Waals surface area contributed by atoms with E-state index in [0.29, 0.717) is 17.2 Å². The Labute approximate surface area is 237 Å². The molecule has 0 radical (unpaired) electrons. The lowest BCUT2D eigenvalue weighted by Gasteiger charge is -2.38. The Kier molecular flexibility index (Phi) is 8.77. The van der Waals surface area contributed by atoms with Crippen molar-refractivity contribution in [2.24, 2.45) is 0 Å². The van der Waals surface area contributed by atoms with Crippen LogP contribution >= 0.6 is 0 Å². The predicted molar refractivity (Wildman–Crippen MR) is 147 cm³/mol. The van der Waals surface area contributed by atoms with E-state index in [0.717, 1.165) is 5.56 Å². The zero-order chi connectivity index (χ0) is 29.7. The van der Waals surface area contributed by atoms with Gasteiger partial charge >= 0.3 is 12.1 Å². The van der Waals surface area contributed by atoms with Crippen molar-refractivity contribution in [3.63, 3.8) is 0 Å². The number of methoxy groups -OCH3 is 1. The highest BCUT2D eigenvalue weighted by atomic mass is 19.4. The number of carbonyl (C=O) groups is 1. The molecule has 214 valence electrons. The minimum Gasteiger partial charge on any atom is -0.458 e. The van der Waals surface area contributed by atoms with Crippen molar-refractivity contribution in [3.8, 4) is 5.88 Å². The Morgan fingerprint density at radius 3 is 1.78 bits per heavy atom. The van der Waals surface area contributed by atoms with Crippen LogP contribution in [0.2, 0.25) is 0 Å². The fraction of sp³-hybridized carbons (Fsp3) is 0.281. The second kappa shape index (κ2) is 12.1. The number of alkyl halides is 3. The van der Waals surface area contributed by atoms with Crippen LogP contribution in [0.5, 0.6) is 5.88 Å². The fourth-order valence-corrected chi connectivity index (χ4v) is 4.37. The third-order valence-corrected chi connectivity index (χ3v) is 6.44. The van der Waals surface area contributed by atoms with Gasteiger partial charge in [0.1, 0.15) is 12.4 Å². The van der Waals surface area contributed by atoms with Crippen molar-refractivity contribution in [1.29, 1.82) is 0 Å². The number of halogens is 3. The summed E-state index contributed by atoms with van der Waals surface area (Å²) >= 11 is 0. The van der Waals surface area contributed by atoms with Gasteiger partial charge < -0.3 is 14.2 Å². The van der Waals surface area contributed by atoms with Crippen molar-refractivity contribution in [1.82, 2.24) is 9.97 Å². The molecule has 4 rings (SSSR count). The lowest BCUT2D eigenvalue weighted by molar-refractivity contribution is -0.168. The van der Waals surface area contributed by atoms with Gasteiger partial charge in [0.2, 0.25) is 12.0 Å². The Bertz CT molecular complexity index is 1370. The maximum atomic E-state index is 13.9. The van der Waals surface area contributed by atoms with E-state index in [-0.39, 0.29) is 12.4 Å². The maximum absolute atomic E-state index is 13.9. The molecule has 0 aliphatic carbocycles. The molecule has 0 N–H and O–H groups in total. The molecule has 0 saturated carbocycles. The zero-order valence-electron chi connectivity index (χ0n) is 23.2. The number of hydrogen-bond acceptors (Lipinski definition) is 6. The van der Waals surface area contributed by atoms with Gasteiger partial charge in [-0.15, -0.1) is 0 Å². The standard InChI is InChI=1S/C32H31F3N2O4/c1-30(2,3)29-36-25(32(33,34)35)20-26(37-29)41-27(28(38)40-21-22-14-8-5-9-15-22)31(39-4,23-16-10-6-11-17-23)24-18-12-7-13-19-24/h5-20,27H,21H2,1-4H3. The number of esters is 1. The lowest BCUT2D eigenvalue weighted by Crippen LogP contribution is -2.51. The summed E-state index contributed by atoms with van der Waals surface area (Å²) < 4.78 is 59.7. The number of nitrogens with zero attached hydrogens (tertiary/aromatic N) is 2. The van der Waals surface area contributed by atoms with Crippen LogP contribution in [-0.2, 0) is 38.1 Å². The smallest absolute Gasteiger partial charge is 0.433 e. The molecule has 0 spiro atoms. The molecule has 6 nitrogen and oxygen atoms in total. The third-order valence-electron chi connectivity index (χ3n) is 6.44. The molecule has 3 aromatic carbocycles. The van der Waals surface area contributed by atoms with Crippen molar-refractivity contribution < 1.29 is 32.2 Å². The number of benzene rings is 3. The summed E-state index contributed by atoms with van der Waals surface area (Å²) in [5.41, 5.74) is -1.89. The van der Waals surface area contributed by atoms with Crippen LogP contribution in [0.25, 0.3) is 0 Å². The van der Waals surface area contributed by atoms with E-state index < -0.39 is 40.8 Å². The normalized spacial score (nSPS) is 13.0. The van der Waals surface area contributed by atoms with Crippen LogP contribution in [0, 0.1) is 0 Å². The molecule has 0 amide bonds. The highest BCUT2D eigenvalue weighted by molar-refractivity contribution is 5.78. The largest absolute Gasteiger partial charge is 0.458 e. The first-order valence-corrected chi connectivity index (χ1v) is 13.0. The van der Waals surface area contributed by atoms with Crippen LogP contribution in [0.15, 0.2) is 97.1 Å². The number of ether oxygens (including phenoxy) is 3. The molecular weight excluding hydrogens is 533 g/mol. The van der Waals surface area contributed by atoms with Gasteiger partial charge in [0.15, 0.2) is 11.3 Å². The van der Waals surface area contributed by atoms with E-state index in [1.807, 2.05) is 6.07 Å². The highest BCUT2D eigenvalue weighted by Crippen LogP contribution is 2.40. The van der Waals surface area contributed by atoms with Gasteiger partial charge in [0.05, 0.1) is 0 Å². The third kappa shape index (κ3) is 6.74. The van der Waals surface area contributed by atoms with Gasteiger partial charge in [0, 0.05) is 18.6 Å². The molecule has 41 heavy (non-hydrogen) atoms. The summed E-state index contributed by atoms with van der Waals surface area (Å²) in [6.45, 7) is 4.97. The van der Waals surface area contributed by atoms with Crippen LogP contribution in [0.4, 0.5) is 13.2 Å². The van der Waals surface area contributed by atoms with E-state index in [2.05, 4.69) is 9.97 Å². The summed E-state index contributed by atoms with van der Waals surface area (Å²) in [5, 5.41) is 0. The van der Waals surface area contributed by atoms with Crippen molar-refractivity contribution in [2.45, 2.75) is 50.7 Å². The number of aromatic nitrogens is 2. The Morgan fingerprint density at radius 2 is 1.32 bits per heavy atom. The SMILES string of the molecule is COC(c1ccccc1)(c1ccccc1)C(Oc1cc(C(F)(F)F)nc(C(C)(C)C)n1)C(=O)OCc1ccccc1. The molecule has 0 fully saturated rings. The van der Waals surface area contributed by atoms with Gasteiger partial charge in [-0.3, -0.25) is 0 Å². The van der Waals surface area contributed by atoms with Gasteiger partial charge in [-0.1, -0.05) is 112 Å². The molecular formula is C32H31F3N2O4. The Morgan fingerprint density at radius 1 is 0.805 bits per heavy atom. The summed E-state index contributed by atoms with van der Waals surface area (Å²) in [7, 11) is 1.41. The summed E-state index contributed by atoms with van der Waals surface area (Å²) in [5.74, 6) is -1.39. The molecule has 1 unspecified atom stereocenters. The molecule has 0 aliphatic rings. The van der Waals surface area contributed by atoms with Crippen molar-refractivity contribution >= 4 is 5.97 Å². The minimum atomic E-state index is -4.78. The van der Waals surface area contributed by atoms with E-state index in [4.69, 9.17) is 14.2 Å². The number of hydrogen-bond donors (Lipinski definition) is 0. The van der Waals surface area contributed by atoms with Crippen LogP contribution in [0.3, 0.4) is 0 Å². The van der Waals surface area contributed by atoms with Gasteiger partial charge in [0.25, 0.3) is 0 Å². The first-order chi connectivity index (χ1) is 19.4. The second-order valence-corrected chi connectivity index (χ2v) is 10.4. The van der Waals surface area contributed by atoms with Crippen LogP contribution in [-0.4, -0.2) is 29.2 Å². The maximum Gasteiger partial charge on any atom is 0.433 e. The van der Waals surface area contributed by atoms with Gasteiger partial charge in [-0.2, -0.15) is 18.2 Å². The number of carbonyl (C=O) groups excluding carboxylic acids is 1. The summed E-state index contributed by atoms with van der Waals surface area (Å²) in [6, 6.07) is 27.4. The lowest BCUT2D eigenvalue weighted by atomic mass is 9.81. The fourth-order valence-electron chi connectivity index (χ4n) is 4.37. The van der Waals surface area contributed by atoms with Crippen molar-refractivity contribution in [3.05, 3.63) is 125 Å². The Balaban J connectivity index is 1.90. The monoisotopic (exact) mass is 564 g/mol. The quantitative estimate of drug-likeness (QED) is 0.207. The van der Waals surface area contributed by atoms with E-state index in [1.165, 1.54) is 7.11 Å². The van der Waals surface area contributed by atoms with Gasteiger partial charge in [-0.05, 0) is 16.7 Å². The topological polar surface area (TPSA) is 70.5 Å². The molecule has 1 atom stereocenters. The van der Waals surface area contributed by atoms with E-state index in [1.54, 1.807) is 106 Å². The highest BCUT2D eigenvalue weighted by Gasteiger charge is 2.50. The second-order valence-electron chi connectivity index (χ2n) is 10.4. The number of rotatable bonds is 9. The predicted octanol–water partition coefficient (Wildman–Crippen LogP) is 6.87. The Hall–Kier alpha value is -4.24. The average Bonchev–Trinajstić information content (AvgIpc) is 2.96. The molecule has 0 bridgehead atoms. The molecule has 1 aromatic heterocycles. The molecule has 9 heteroatoms. The van der Waals surface area contributed by atoms with Crippen LogP contribution < -0.4 is 4.74 Å². The van der Waals surface area contributed by atoms with E-state index in [9.17, 15) is 18.0 Å². The van der Waals surface area contributed by atoms with E-state index >= 15 is 0 Å². The van der Waals surface area contributed by atoms with Crippen LogP contribution in [0.1, 0.15) is 49.0 Å². The zero-order valence-corrected chi connectivity index (χ0v) is 23.2. The summed E-state index contributed by atoms with van der Waals surface area (Å²) in [4.78, 5) is 22.0. The molecule has 0 saturated heterocycles. The van der Waals surface area contributed by atoms with Crippen molar-refractivity contribution in [2.75, 3.05) is 7.11 Å². The minimum absolute atomic E-state index is 0.0896. The first-order valence-electron chi connectivity index (χ1n) is 13.0. The molecule has 4 aromatic rings. The van der Waals surface area contributed by atoms with Gasteiger partial charge in [-0.25, -0.2) is 9.78 Å². The molecule has 1 heterocycles.